The van der Waals surface area contributed by atoms with Crippen molar-refractivity contribution in [2.24, 2.45) is 23.2 Å². The SMILES string of the molecule is C[C@@]12CCC3=C4CCC(=O)C=C4CC[C@H]3[C@@H]1CC[C@@H]2C(O)CCO. The van der Waals surface area contributed by atoms with Gasteiger partial charge in [-0.25, -0.2) is 0 Å². The fourth-order valence-corrected chi connectivity index (χ4v) is 6.54. The molecule has 0 aliphatic heterocycles. The van der Waals surface area contributed by atoms with Gasteiger partial charge in [0.25, 0.3) is 0 Å². The van der Waals surface area contributed by atoms with Crippen LogP contribution in [-0.4, -0.2) is 28.7 Å². The summed E-state index contributed by atoms with van der Waals surface area (Å²) >= 11 is 0. The quantitative estimate of drug-likeness (QED) is 0.832. The van der Waals surface area contributed by atoms with Crippen LogP contribution in [0.5, 0.6) is 0 Å². The van der Waals surface area contributed by atoms with Crippen LogP contribution >= 0.6 is 0 Å². The molecule has 4 aliphatic rings. The highest BCUT2D eigenvalue weighted by molar-refractivity contribution is 5.93. The highest BCUT2D eigenvalue weighted by Crippen LogP contribution is 2.62. The van der Waals surface area contributed by atoms with Crippen molar-refractivity contribution in [1.82, 2.24) is 0 Å². The topological polar surface area (TPSA) is 57.5 Å². The number of hydrogen-bond acceptors (Lipinski definition) is 3. The predicted octanol–water partition coefficient (Wildman–Crippen LogP) is 3.55. The molecule has 4 aliphatic carbocycles. The maximum atomic E-state index is 11.7. The molecular formula is C21H30O3. The zero-order valence-electron chi connectivity index (χ0n) is 14.8. The van der Waals surface area contributed by atoms with Crippen LogP contribution in [0.1, 0.15) is 64.7 Å². The van der Waals surface area contributed by atoms with Gasteiger partial charge in [0.2, 0.25) is 0 Å². The summed E-state index contributed by atoms with van der Waals surface area (Å²) in [6.07, 6.45) is 10.6. The van der Waals surface area contributed by atoms with E-state index in [0.717, 1.165) is 32.1 Å². The molecule has 5 atom stereocenters. The highest BCUT2D eigenvalue weighted by Gasteiger charge is 2.54. The maximum Gasteiger partial charge on any atom is 0.156 e. The number of aliphatic hydroxyl groups is 2. The third-order valence-corrected chi connectivity index (χ3v) is 7.69. The van der Waals surface area contributed by atoms with Crippen molar-refractivity contribution in [3.63, 3.8) is 0 Å². The summed E-state index contributed by atoms with van der Waals surface area (Å²) in [5.74, 6) is 1.98. The molecule has 3 heteroatoms. The molecule has 3 nitrogen and oxygen atoms in total. The first-order chi connectivity index (χ1) is 11.5. The van der Waals surface area contributed by atoms with E-state index in [9.17, 15) is 15.0 Å². The predicted molar refractivity (Wildman–Crippen MR) is 93.3 cm³/mol. The number of carbonyl (C=O) groups is 1. The standard InChI is InChI=1S/C21H30O3/c1-21-10-8-16-15-5-3-14(23)12-13(15)2-4-17(16)18(21)6-7-19(21)20(24)9-11-22/h12,17-20,22,24H,2-11H2,1H3/t17-,18+,19-,20?,21-/m1/s1. The lowest BCUT2D eigenvalue weighted by Crippen LogP contribution is -2.43. The van der Waals surface area contributed by atoms with Gasteiger partial charge in [0.15, 0.2) is 5.78 Å². The summed E-state index contributed by atoms with van der Waals surface area (Å²) in [4.78, 5) is 11.7. The summed E-state index contributed by atoms with van der Waals surface area (Å²) in [5, 5.41) is 19.8. The minimum absolute atomic E-state index is 0.0827. The molecule has 0 spiro atoms. The molecule has 132 valence electrons. The Morgan fingerprint density at radius 2 is 2.04 bits per heavy atom. The van der Waals surface area contributed by atoms with Gasteiger partial charge in [-0.15, -0.1) is 0 Å². The van der Waals surface area contributed by atoms with Gasteiger partial charge in [-0.3, -0.25) is 4.79 Å². The lowest BCUT2D eigenvalue weighted by atomic mass is 9.55. The summed E-state index contributed by atoms with van der Waals surface area (Å²) in [7, 11) is 0. The minimum atomic E-state index is -0.356. The summed E-state index contributed by atoms with van der Waals surface area (Å²) in [6, 6.07) is 0. The summed E-state index contributed by atoms with van der Waals surface area (Å²) < 4.78 is 0. The lowest BCUT2D eigenvalue weighted by molar-refractivity contribution is -0.114. The number of fused-ring (bicyclic) bond motifs is 4. The van der Waals surface area contributed by atoms with Crippen LogP contribution in [-0.2, 0) is 4.79 Å². The number of ketones is 1. The highest BCUT2D eigenvalue weighted by atomic mass is 16.3. The van der Waals surface area contributed by atoms with Crippen molar-refractivity contribution in [1.29, 1.82) is 0 Å². The average Bonchev–Trinajstić information content (AvgIpc) is 2.92. The van der Waals surface area contributed by atoms with E-state index in [-0.39, 0.29) is 18.1 Å². The monoisotopic (exact) mass is 330 g/mol. The van der Waals surface area contributed by atoms with Gasteiger partial charge in [0.05, 0.1) is 6.10 Å². The lowest BCUT2D eigenvalue weighted by Gasteiger charge is -2.50. The van der Waals surface area contributed by atoms with Crippen molar-refractivity contribution in [2.75, 3.05) is 6.61 Å². The number of rotatable bonds is 3. The third kappa shape index (κ3) is 2.43. The van der Waals surface area contributed by atoms with Gasteiger partial charge in [-0.05, 0) is 91.8 Å². The Morgan fingerprint density at radius 3 is 2.83 bits per heavy atom. The zero-order chi connectivity index (χ0) is 16.9. The van der Waals surface area contributed by atoms with E-state index in [1.54, 1.807) is 5.57 Å². The van der Waals surface area contributed by atoms with Crippen LogP contribution in [0, 0.1) is 23.2 Å². The van der Waals surface area contributed by atoms with Crippen LogP contribution in [0.2, 0.25) is 0 Å². The number of carbonyl (C=O) groups excluding carboxylic acids is 1. The second kappa shape index (κ2) is 6.10. The Balaban J connectivity index is 1.63. The minimum Gasteiger partial charge on any atom is -0.396 e. The van der Waals surface area contributed by atoms with Crippen molar-refractivity contribution >= 4 is 5.78 Å². The van der Waals surface area contributed by atoms with E-state index in [0.29, 0.717) is 36.4 Å². The van der Waals surface area contributed by atoms with E-state index >= 15 is 0 Å². The van der Waals surface area contributed by atoms with E-state index in [1.807, 2.05) is 6.08 Å². The first-order valence-corrected chi connectivity index (χ1v) is 9.79. The second-order valence-electron chi connectivity index (χ2n) is 8.66. The molecule has 0 bridgehead atoms. The van der Waals surface area contributed by atoms with Crippen LogP contribution in [0.25, 0.3) is 0 Å². The summed E-state index contributed by atoms with van der Waals surface area (Å²) in [5.41, 5.74) is 4.72. The first-order valence-electron chi connectivity index (χ1n) is 9.79. The molecule has 0 amide bonds. The van der Waals surface area contributed by atoms with Crippen molar-refractivity contribution in [3.8, 4) is 0 Å². The molecule has 0 heterocycles. The summed E-state index contributed by atoms with van der Waals surface area (Å²) in [6.45, 7) is 2.48. The molecule has 2 N–H and O–H groups in total. The molecule has 2 fully saturated rings. The normalized spacial score (nSPS) is 39.9. The zero-order valence-corrected chi connectivity index (χ0v) is 14.8. The molecule has 1 unspecified atom stereocenters. The number of hydrogen-bond donors (Lipinski definition) is 2. The Kier molecular flexibility index (Phi) is 4.20. The fourth-order valence-electron chi connectivity index (χ4n) is 6.54. The maximum absolute atomic E-state index is 11.7. The first kappa shape index (κ1) is 16.5. The number of aliphatic hydroxyl groups excluding tert-OH is 2. The Hall–Kier alpha value is -0.930. The Labute approximate surface area is 144 Å². The molecule has 0 radical (unpaired) electrons. The molecule has 0 aromatic carbocycles. The van der Waals surface area contributed by atoms with Gasteiger partial charge in [0.1, 0.15) is 0 Å². The van der Waals surface area contributed by atoms with Crippen LogP contribution < -0.4 is 0 Å². The molecular weight excluding hydrogens is 300 g/mol. The number of allylic oxidation sites excluding steroid dienone is 4. The van der Waals surface area contributed by atoms with Gasteiger partial charge in [-0.2, -0.15) is 0 Å². The molecule has 24 heavy (non-hydrogen) atoms. The van der Waals surface area contributed by atoms with E-state index in [2.05, 4.69) is 6.92 Å². The van der Waals surface area contributed by atoms with Crippen LogP contribution in [0.3, 0.4) is 0 Å². The Bertz CT molecular complexity index is 602. The van der Waals surface area contributed by atoms with Gasteiger partial charge in [0, 0.05) is 13.0 Å². The van der Waals surface area contributed by atoms with Gasteiger partial charge < -0.3 is 10.2 Å². The third-order valence-electron chi connectivity index (χ3n) is 7.69. The van der Waals surface area contributed by atoms with Crippen molar-refractivity contribution < 1.29 is 15.0 Å². The molecule has 2 saturated carbocycles. The molecule has 4 rings (SSSR count). The molecule has 0 aromatic heterocycles. The smallest absolute Gasteiger partial charge is 0.156 e. The average molecular weight is 330 g/mol. The Morgan fingerprint density at radius 1 is 1.21 bits per heavy atom. The second-order valence-corrected chi connectivity index (χ2v) is 8.66. The van der Waals surface area contributed by atoms with Gasteiger partial charge in [-0.1, -0.05) is 12.5 Å². The van der Waals surface area contributed by atoms with E-state index < -0.39 is 0 Å². The van der Waals surface area contributed by atoms with Crippen LogP contribution in [0.4, 0.5) is 0 Å². The molecule has 0 saturated heterocycles. The van der Waals surface area contributed by atoms with E-state index in [4.69, 9.17) is 0 Å². The van der Waals surface area contributed by atoms with Gasteiger partial charge >= 0.3 is 0 Å². The van der Waals surface area contributed by atoms with Crippen molar-refractivity contribution in [3.05, 3.63) is 22.8 Å². The largest absolute Gasteiger partial charge is 0.396 e. The van der Waals surface area contributed by atoms with Crippen molar-refractivity contribution in [2.45, 2.75) is 70.8 Å². The molecule has 0 aromatic rings. The van der Waals surface area contributed by atoms with E-state index in [1.165, 1.54) is 24.0 Å². The fraction of sp³-hybridized carbons (Fsp3) is 0.762. The van der Waals surface area contributed by atoms with Crippen LogP contribution in [0.15, 0.2) is 22.8 Å².